The van der Waals surface area contributed by atoms with Gasteiger partial charge in [0.15, 0.2) is 0 Å². The van der Waals surface area contributed by atoms with Crippen molar-refractivity contribution in [2.24, 2.45) is 0 Å². The number of benzene rings is 5. The Labute approximate surface area is 309 Å². The van der Waals surface area contributed by atoms with Crippen molar-refractivity contribution in [3.63, 3.8) is 0 Å². The van der Waals surface area contributed by atoms with Crippen LogP contribution in [0.5, 0.6) is 0 Å². The SMILES string of the molecule is CC(C)(C)c1ccccc1-n1c(-c2[c-]ccc3c2oc2ccccc23)nc2ccccc21.Cc1cc(-c2[c-]cccc2)ncc1[Si](C)(C)C.[Ir]. The summed E-state index contributed by atoms with van der Waals surface area (Å²) in [6, 6.07) is 45.9. The Balaban J connectivity index is 0.000000204. The van der Waals surface area contributed by atoms with Crippen molar-refractivity contribution < 1.29 is 24.5 Å². The van der Waals surface area contributed by atoms with Crippen LogP contribution in [0.2, 0.25) is 19.6 Å². The number of pyridine rings is 1. The fourth-order valence-corrected chi connectivity index (χ4v) is 8.35. The number of aromatic nitrogens is 3. The fraction of sp³-hybridized carbons (Fsp3) is 0.182. The van der Waals surface area contributed by atoms with E-state index in [4.69, 9.17) is 9.40 Å². The second kappa shape index (κ2) is 14.0. The number of imidazole rings is 1. The van der Waals surface area contributed by atoms with Crippen molar-refractivity contribution in [3.05, 3.63) is 145 Å². The minimum absolute atomic E-state index is 0. The van der Waals surface area contributed by atoms with Crippen LogP contribution in [-0.4, -0.2) is 22.6 Å². The van der Waals surface area contributed by atoms with E-state index in [0.717, 1.165) is 61.3 Å². The van der Waals surface area contributed by atoms with E-state index in [9.17, 15) is 0 Å². The molecular weight excluding hydrogens is 807 g/mol. The van der Waals surface area contributed by atoms with Crippen molar-refractivity contribution in [2.75, 3.05) is 0 Å². The number of rotatable bonds is 4. The summed E-state index contributed by atoms with van der Waals surface area (Å²) in [6.45, 7) is 16.0. The number of aryl methyl sites for hydroxylation is 1. The molecule has 50 heavy (non-hydrogen) atoms. The molecule has 0 aliphatic heterocycles. The summed E-state index contributed by atoms with van der Waals surface area (Å²) in [5, 5.41) is 3.63. The Kier molecular flexibility index (Phi) is 9.83. The van der Waals surface area contributed by atoms with Crippen LogP contribution in [0, 0.1) is 19.1 Å². The van der Waals surface area contributed by atoms with Gasteiger partial charge in [0.05, 0.1) is 30.5 Å². The van der Waals surface area contributed by atoms with Gasteiger partial charge in [0.2, 0.25) is 0 Å². The summed E-state index contributed by atoms with van der Waals surface area (Å²) in [4.78, 5) is 9.65. The molecule has 0 saturated carbocycles. The number of furan rings is 1. The van der Waals surface area contributed by atoms with Crippen LogP contribution in [0.3, 0.4) is 0 Å². The van der Waals surface area contributed by atoms with E-state index in [1.807, 2.05) is 48.5 Å². The Hall–Kier alpha value is -4.61. The molecule has 6 heteroatoms. The number of hydrogen-bond acceptors (Lipinski definition) is 3. The van der Waals surface area contributed by atoms with E-state index in [1.54, 1.807) is 0 Å². The van der Waals surface area contributed by atoms with Gasteiger partial charge in [0, 0.05) is 37.4 Å². The first kappa shape index (κ1) is 35.2. The molecule has 0 N–H and O–H groups in total. The van der Waals surface area contributed by atoms with Gasteiger partial charge < -0.3 is 14.0 Å². The summed E-state index contributed by atoms with van der Waals surface area (Å²) >= 11 is 0. The summed E-state index contributed by atoms with van der Waals surface area (Å²) in [7, 11) is -1.27. The Morgan fingerprint density at radius 2 is 1.48 bits per heavy atom. The van der Waals surface area contributed by atoms with Gasteiger partial charge in [-0.05, 0) is 53.0 Å². The maximum Gasteiger partial charge on any atom is 0.120 e. The molecule has 0 spiro atoms. The third-order valence-corrected chi connectivity index (χ3v) is 11.1. The second-order valence-electron chi connectivity index (χ2n) is 14.6. The molecule has 0 aliphatic rings. The molecule has 253 valence electrons. The second-order valence-corrected chi connectivity index (χ2v) is 19.7. The van der Waals surface area contributed by atoms with Crippen LogP contribution in [-0.2, 0) is 25.5 Å². The summed E-state index contributed by atoms with van der Waals surface area (Å²) in [5.74, 6) is 0.840. The average Bonchev–Trinajstić information content (AvgIpc) is 3.67. The van der Waals surface area contributed by atoms with Crippen molar-refractivity contribution in [1.29, 1.82) is 0 Å². The summed E-state index contributed by atoms with van der Waals surface area (Å²) in [5.41, 5.74) is 10.4. The van der Waals surface area contributed by atoms with E-state index >= 15 is 0 Å². The molecule has 0 bridgehead atoms. The Morgan fingerprint density at radius 3 is 2.22 bits per heavy atom. The standard InChI is InChI=1S/C29H23N2O.C15H18NSi.Ir/c1-29(2,3)22-14-5-7-16-24(22)31-25-17-8-6-15-23(25)30-28(31)21-13-10-12-20-19-11-4-9-18-26(19)32-27(20)21;1-12-10-14(13-8-6-5-7-9-13)16-11-15(12)17(2,3)4;/h4-12,14-18H,1-3H3;5-8,10-11H,1-4H3;/q2*-1;. The minimum atomic E-state index is -1.27. The Bertz CT molecular complexity index is 2430. The van der Waals surface area contributed by atoms with Crippen LogP contribution in [0.1, 0.15) is 31.9 Å². The average molecular weight is 848 g/mol. The zero-order valence-electron chi connectivity index (χ0n) is 29.6. The maximum absolute atomic E-state index is 6.34. The van der Waals surface area contributed by atoms with Gasteiger partial charge in [-0.15, -0.1) is 54.1 Å². The van der Waals surface area contributed by atoms with Gasteiger partial charge in [-0.2, -0.15) is 0 Å². The summed E-state index contributed by atoms with van der Waals surface area (Å²) in [6.07, 6.45) is 2.05. The first-order chi connectivity index (χ1) is 23.5. The van der Waals surface area contributed by atoms with Crippen molar-refractivity contribution in [3.8, 4) is 28.3 Å². The number of fused-ring (bicyclic) bond motifs is 4. The predicted octanol–water partition coefficient (Wildman–Crippen LogP) is 11.1. The molecule has 3 heterocycles. The molecule has 0 saturated heterocycles. The quantitative estimate of drug-likeness (QED) is 0.131. The van der Waals surface area contributed by atoms with Crippen LogP contribution in [0.25, 0.3) is 61.3 Å². The monoisotopic (exact) mass is 848 g/mol. The number of para-hydroxylation sites is 4. The summed E-state index contributed by atoms with van der Waals surface area (Å²) < 4.78 is 8.60. The molecule has 8 rings (SSSR count). The fourth-order valence-electron chi connectivity index (χ4n) is 6.64. The molecule has 0 aliphatic carbocycles. The van der Waals surface area contributed by atoms with Gasteiger partial charge in [0.25, 0.3) is 0 Å². The van der Waals surface area contributed by atoms with E-state index in [0.29, 0.717) is 0 Å². The third-order valence-electron chi connectivity index (χ3n) is 8.98. The maximum atomic E-state index is 6.34. The molecule has 0 amide bonds. The first-order valence-corrected chi connectivity index (χ1v) is 20.3. The van der Waals surface area contributed by atoms with Crippen molar-refractivity contribution in [2.45, 2.75) is 52.8 Å². The largest absolute Gasteiger partial charge is 0.501 e. The Morgan fingerprint density at radius 1 is 0.760 bits per heavy atom. The van der Waals surface area contributed by atoms with Gasteiger partial charge in [-0.25, -0.2) is 0 Å². The van der Waals surface area contributed by atoms with Crippen molar-refractivity contribution >= 4 is 46.2 Å². The third kappa shape index (κ3) is 6.76. The predicted molar refractivity (Wildman–Crippen MR) is 208 cm³/mol. The van der Waals surface area contributed by atoms with E-state index in [2.05, 4.69) is 142 Å². The van der Waals surface area contributed by atoms with Gasteiger partial charge in [0.1, 0.15) is 5.58 Å². The van der Waals surface area contributed by atoms with Gasteiger partial charge >= 0.3 is 0 Å². The molecule has 0 fully saturated rings. The smallest absolute Gasteiger partial charge is 0.120 e. The topological polar surface area (TPSA) is 43.9 Å². The molecule has 0 atom stereocenters. The first-order valence-electron chi connectivity index (χ1n) is 16.8. The van der Waals surface area contributed by atoms with Crippen LogP contribution >= 0.6 is 0 Å². The van der Waals surface area contributed by atoms with Crippen LogP contribution in [0.15, 0.2) is 126 Å². The van der Waals surface area contributed by atoms with Crippen LogP contribution in [0.4, 0.5) is 0 Å². The molecule has 4 nitrogen and oxygen atoms in total. The van der Waals surface area contributed by atoms with Crippen molar-refractivity contribution in [1.82, 2.24) is 14.5 Å². The number of hydrogen-bond donors (Lipinski definition) is 0. The van der Waals surface area contributed by atoms with Gasteiger partial charge in [-0.1, -0.05) is 112 Å². The van der Waals surface area contributed by atoms with E-state index in [1.165, 1.54) is 16.3 Å². The van der Waals surface area contributed by atoms with E-state index in [-0.39, 0.29) is 25.5 Å². The number of nitrogens with zero attached hydrogens (tertiary/aromatic N) is 3. The van der Waals surface area contributed by atoms with Gasteiger partial charge in [-0.3, -0.25) is 4.98 Å². The molecule has 3 aromatic heterocycles. The zero-order valence-corrected chi connectivity index (χ0v) is 33.0. The molecule has 1 radical (unpaired) electrons. The molecule has 0 unspecified atom stereocenters. The minimum Gasteiger partial charge on any atom is -0.501 e. The molecule has 5 aromatic carbocycles. The zero-order chi connectivity index (χ0) is 34.3. The molecule has 8 aromatic rings. The molecular formula is C44H41IrN3OSi-2. The normalized spacial score (nSPS) is 11.7. The van der Waals surface area contributed by atoms with Crippen LogP contribution < -0.4 is 5.19 Å². The van der Waals surface area contributed by atoms with E-state index < -0.39 is 8.07 Å².